The van der Waals surface area contributed by atoms with Crippen LogP contribution in [-0.2, 0) is 10.0 Å². The van der Waals surface area contributed by atoms with Gasteiger partial charge in [-0.2, -0.15) is 0 Å². The van der Waals surface area contributed by atoms with Crippen LogP contribution in [0.1, 0.15) is 11.1 Å². The van der Waals surface area contributed by atoms with Crippen molar-refractivity contribution >= 4 is 27.0 Å². The van der Waals surface area contributed by atoms with Crippen LogP contribution in [0, 0.1) is 19.7 Å². The molecule has 0 radical (unpaired) electrons. The lowest BCUT2D eigenvalue weighted by molar-refractivity contribution is 0.411. The molecule has 1 aromatic heterocycles. The number of anilines is 1. The Kier molecular flexibility index (Phi) is 5.99. The number of aryl methyl sites for hydroxylation is 2. The lowest BCUT2D eigenvalue weighted by atomic mass is 10.1. The van der Waals surface area contributed by atoms with Gasteiger partial charge in [-0.3, -0.25) is 4.72 Å². The van der Waals surface area contributed by atoms with E-state index in [0.29, 0.717) is 38.8 Å². The van der Waals surface area contributed by atoms with E-state index in [4.69, 9.17) is 4.74 Å². The van der Waals surface area contributed by atoms with Crippen molar-refractivity contribution in [2.24, 2.45) is 0 Å². The molecular formula is C24H21FN2O3S2. The maximum absolute atomic E-state index is 14.2. The average Bonchev–Trinajstić information content (AvgIpc) is 3.25. The molecule has 4 rings (SSSR count). The van der Waals surface area contributed by atoms with Crippen molar-refractivity contribution in [1.82, 2.24) is 4.98 Å². The molecule has 0 atom stereocenters. The van der Waals surface area contributed by atoms with Gasteiger partial charge in [-0.15, -0.1) is 11.3 Å². The standard InChI is InChI=1S/C24H21FN2O3S2/c1-15-13-23(16(2)12-22(15)30-3)32(28,29)27-20-11-7-5-9-18(20)21-14-31-24(26-21)17-8-4-6-10-19(17)25/h4-14,27H,1-3H3. The number of rotatable bonds is 6. The number of sulfonamides is 1. The van der Waals surface area contributed by atoms with Gasteiger partial charge >= 0.3 is 0 Å². The van der Waals surface area contributed by atoms with Gasteiger partial charge < -0.3 is 4.74 Å². The summed E-state index contributed by atoms with van der Waals surface area (Å²) in [6, 6.07) is 16.7. The van der Waals surface area contributed by atoms with Crippen molar-refractivity contribution in [2.45, 2.75) is 18.7 Å². The molecule has 0 saturated heterocycles. The Morgan fingerprint density at radius 2 is 1.66 bits per heavy atom. The molecule has 0 unspecified atom stereocenters. The summed E-state index contributed by atoms with van der Waals surface area (Å²) in [5, 5.41) is 2.31. The Morgan fingerprint density at radius 3 is 2.38 bits per heavy atom. The van der Waals surface area contributed by atoms with Crippen LogP contribution in [-0.4, -0.2) is 20.5 Å². The van der Waals surface area contributed by atoms with Crippen molar-refractivity contribution in [3.63, 3.8) is 0 Å². The largest absolute Gasteiger partial charge is 0.496 e. The predicted octanol–water partition coefficient (Wildman–Crippen LogP) is 6.04. The van der Waals surface area contributed by atoms with Crippen molar-refractivity contribution < 1.29 is 17.5 Å². The van der Waals surface area contributed by atoms with Gasteiger partial charge in [-0.25, -0.2) is 17.8 Å². The molecule has 1 heterocycles. The van der Waals surface area contributed by atoms with E-state index < -0.39 is 10.0 Å². The number of ether oxygens (including phenoxy) is 1. The van der Waals surface area contributed by atoms with E-state index in [1.165, 1.54) is 17.4 Å². The quantitative estimate of drug-likeness (QED) is 0.374. The highest BCUT2D eigenvalue weighted by atomic mass is 32.2. The number of aromatic nitrogens is 1. The summed E-state index contributed by atoms with van der Waals surface area (Å²) in [6.45, 7) is 3.52. The van der Waals surface area contributed by atoms with Gasteiger partial charge in [0, 0.05) is 16.5 Å². The van der Waals surface area contributed by atoms with Gasteiger partial charge in [0.2, 0.25) is 0 Å². The van der Waals surface area contributed by atoms with E-state index in [1.807, 2.05) is 0 Å². The predicted molar refractivity (Wildman–Crippen MR) is 126 cm³/mol. The van der Waals surface area contributed by atoms with E-state index >= 15 is 0 Å². The third kappa shape index (κ3) is 4.24. The fourth-order valence-corrected chi connectivity index (χ4v) is 5.66. The second-order valence-electron chi connectivity index (χ2n) is 7.26. The maximum Gasteiger partial charge on any atom is 0.262 e. The third-order valence-corrected chi connectivity index (χ3v) is 7.42. The van der Waals surface area contributed by atoms with Crippen LogP contribution >= 0.6 is 11.3 Å². The van der Waals surface area contributed by atoms with Crippen LogP contribution in [0.3, 0.4) is 0 Å². The highest BCUT2D eigenvalue weighted by Crippen LogP contribution is 2.35. The Bertz CT molecular complexity index is 1400. The van der Waals surface area contributed by atoms with Gasteiger partial charge in [0.05, 0.1) is 23.4 Å². The Hall–Kier alpha value is -3.23. The van der Waals surface area contributed by atoms with Crippen LogP contribution in [0.25, 0.3) is 21.8 Å². The molecule has 0 saturated carbocycles. The summed E-state index contributed by atoms with van der Waals surface area (Å²) in [4.78, 5) is 4.73. The summed E-state index contributed by atoms with van der Waals surface area (Å²) in [5.41, 5.74) is 3.28. The van der Waals surface area contributed by atoms with E-state index in [0.717, 1.165) is 5.56 Å². The minimum Gasteiger partial charge on any atom is -0.496 e. The van der Waals surface area contributed by atoms with Gasteiger partial charge in [-0.1, -0.05) is 30.3 Å². The van der Waals surface area contributed by atoms with E-state index in [9.17, 15) is 12.8 Å². The van der Waals surface area contributed by atoms with Gasteiger partial charge in [0.15, 0.2) is 0 Å². The van der Waals surface area contributed by atoms with Crippen LogP contribution in [0.15, 0.2) is 70.9 Å². The molecule has 5 nitrogen and oxygen atoms in total. The first kappa shape index (κ1) is 22.0. The number of methoxy groups -OCH3 is 1. The molecule has 0 aliphatic carbocycles. The topological polar surface area (TPSA) is 68.3 Å². The summed E-state index contributed by atoms with van der Waals surface area (Å²) >= 11 is 1.30. The molecule has 8 heteroatoms. The fourth-order valence-electron chi connectivity index (χ4n) is 3.42. The highest BCUT2D eigenvalue weighted by Gasteiger charge is 2.21. The SMILES string of the molecule is COc1cc(C)c(S(=O)(=O)Nc2ccccc2-c2csc(-c3ccccc3F)n2)cc1C. The van der Waals surface area contributed by atoms with E-state index in [2.05, 4.69) is 9.71 Å². The first-order valence-electron chi connectivity index (χ1n) is 9.78. The molecule has 0 spiro atoms. The first-order chi connectivity index (χ1) is 15.3. The van der Waals surface area contributed by atoms with Crippen LogP contribution < -0.4 is 9.46 Å². The van der Waals surface area contributed by atoms with Crippen molar-refractivity contribution in [3.8, 4) is 27.6 Å². The van der Waals surface area contributed by atoms with Gasteiger partial charge in [-0.05, 0) is 55.3 Å². The van der Waals surface area contributed by atoms with E-state index in [1.54, 1.807) is 80.9 Å². The second-order valence-corrected chi connectivity index (χ2v) is 9.77. The van der Waals surface area contributed by atoms with Crippen molar-refractivity contribution in [3.05, 3.63) is 83.0 Å². The molecule has 0 fully saturated rings. The van der Waals surface area contributed by atoms with Crippen LogP contribution in [0.5, 0.6) is 5.75 Å². The van der Waals surface area contributed by atoms with E-state index in [-0.39, 0.29) is 10.7 Å². The lowest BCUT2D eigenvalue weighted by Gasteiger charge is -2.15. The molecule has 0 aliphatic heterocycles. The lowest BCUT2D eigenvalue weighted by Crippen LogP contribution is -2.15. The number of para-hydroxylation sites is 1. The number of nitrogens with one attached hydrogen (secondary N) is 1. The number of thiazole rings is 1. The molecule has 0 bridgehead atoms. The number of hydrogen-bond donors (Lipinski definition) is 1. The molecule has 164 valence electrons. The molecule has 1 N–H and O–H groups in total. The van der Waals surface area contributed by atoms with Gasteiger partial charge in [0.1, 0.15) is 16.6 Å². The summed E-state index contributed by atoms with van der Waals surface area (Å²) in [6.07, 6.45) is 0. The molecule has 4 aromatic rings. The van der Waals surface area contributed by atoms with Crippen LogP contribution in [0.2, 0.25) is 0 Å². The zero-order chi connectivity index (χ0) is 22.9. The first-order valence-corrected chi connectivity index (χ1v) is 12.1. The number of hydrogen-bond acceptors (Lipinski definition) is 5. The zero-order valence-electron chi connectivity index (χ0n) is 17.7. The highest BCUT2D eigenvalue weighted by molar-refractivity contribution is 7.92. The Balaban J connectivity index is 1.71. The van der Waals surface area contributed by atoms with Crippen molar-refractivity contribution in [2.75, 3.05) is 11.8 Å². The minimum absolute atomic E-state index is 0.177. The normalized spacial score (nSPS) is 11.4. The summed E-state index contributed by atoms with van der Waals surface area (Å²) in [5.74, 6) is 0.276. The number of benzene rings is 3. The summed E-state index contributed by atoms with van der Waals surface area (Å²) < 4.78 is 48.6. The molecule has 0 amide bonds. The Morgan fingerprint density at radius 1 is 0.969 bits per heavy atom. The Labute approximate surface area is 190 Å². The average molecular weight is 469 g/mol. The van der Waals surface area contributed by atoms with Gasteiger partial charge in [0.25, 0.3) is 10.0 Å². The van der Waals surface area contributed by atoms with Crippen molar-refractivity contribution in [1.29, 1.82) is 0 Å². The molecule has 3 aromatic carbocycles. The monoisotopic (exact) mass is 468 g/mol. The molecular weight excluding hydrogens is 447 g/mol. The fraction of sp³-hybridized carbons (Fsp3) is 0.125. The second kappa shape index (κ2) is 8.72. The zero-order valence-corrected chi connectivity index (χ0v) is 19.4. The van der Waals surface area contributed by atoms with Crippen LogP contribution in [0.4, 0.5) is 10.1 Å². The smallest absolute Gasteiger partial charge is 0.262 e. The molecule has 32 heavy (non-hydrogen) atoms. The number of halogens is 1. The maximum atomic E-state index is 14.2. The minimum atomic E-state index is -3.86. The summed E-state index contributed by atoms with van der Waals surface area (Å²) in [7, 11) is -2.31. The third-order valence-electron chi connectivity index (χ3n) is 5.04. The number of nitrogens with zero attached hydrogens (tertiary/aromatic N) is 1. The molecule has 0 aliphatic rings.